The Labute approximate surface area is 173 Å². The molecule has 2 aliphatic rings. The van der Waals surface area contributed by atoms with E-state index in [2.05, 4.69) is 15.5 Å². The molecule has 1 aromatic carbocycles. The van der Waals surface area contributed by atoms with Crippen molar-refractivity contribution in [3.63, 3.8) is 0 Å². The van der Waals surface area contributed by atoms with Gasteiger partial charge in [0.25, 0.3) is 0 Å². The van der Waals surface area contributed by atoms with Crippen LogP contribution in [-0.4, -0.2) is 60.6 Å². The minimum absolute atomic E-state index is 0.0520. The van der Waals surface area contributed by atoms with E-state index in [1.165, 1.54) is 28.3 Å². The molecule has 3 amide bonds. The number of nitrogens with one attached hydrogen (secondary N) is 2. The smallest absolute Gasteiger partial charge is 0.351 e. The molecule has 0 saturated carbocycles. The van der Waals surface area contributed by atoms with Crippen LogP contribution in [0.5, 0.6) is 0 Å². The molecule has 10 heteroatoms. The van der Waals surface area contributed by atoms with Crippen molar-refractivity contribution in [3.05, 3.63) is 42.2 Å². The van der Waals surface area contributed by atoms with Crippen LogP contribution >= 0.6 is 0 Å². The number of anilines is 1. The summed E-state index contributed by atoms with van der Waals surface area (Å²) in [5.41, 5.74) is -0.431. The number of hydrogen-bond donors (Lipinski definition) is 2. The second-order valence-electron chi connectivity index (χ2n) is 7.68. The average Bonchev–Trinajstić information content (AvgIpc) is 3.19. The van der Waals surface area contributed by atoms with Gasteiger partial charge in [-0.3, -0.25) is 9.69 Å². The average molecular weight is 425 g/mol. The Morgan fingerprint density at radius 2 is 1.87 bits per heavy atom. The first-order valence-electron chi connectivity index (χ1n) is 9.82. The van der Waals surface area contributed by atoms with Crippen molar-refractivity contribution >= 4 is 17.6 Å². The number of rotatable bonds is 4. The van der Waals surface area contributed by atoms with Crippen LogP contribution in [0.25, 0.3) is 0 Å². The Morgan fingerprint density at radius 1 is 1.17 bits per heavy atom. The first-order chi connectivity index (χ1) is 14.1. The van der Waals surface area contributed by atoms with Crippen molar-refractivity contribution in [1.29, 1.82) is 0 Å². The van der Waals surface area contributed by atoms with Crippen molar-refractivity contribution in [3.8, 4) is 0 Å². The van der Waals surface area contributed by atoms with Crippen LogP contribution < -0.4 is 15.5 Å². The summed E-state index contributed by atoms with van der Waals surface area (Å²) in [5, 5.41) is 5.59. The first kappa shape index (κ1) is 21.9. The van der Waals surface area contributed by atoms with Crippen molar-refractivity contribution in [2.75, 3.05) is 31.7 Å². The molecule has 7 nitrogen and oxygen atoms in total. The molecule has 0 spiro atoms. The summed E-state index contributed by atoms with van der Waals surface area (Å²) in [6.45, 7) is 3.48. The number of carbonyl (C=O) groups excluding carboxylic acids is 2. The van der Waals surface area contributed by atoms with Crippen LogP contribution in [0, 0.1) is 0 Å². The lowest BCUT2D eigenvalue weighted by atomic mass is 10.1. The van der Waals surface area contributed by atoms with E-state index in [1.54, 1.807) is 13.0 Å². The molecule has 2 N–H and O–H groups in total. The van der Waals surface area contributed by atoms with Crippen LogP contribution in [0.4, 0.5) is 23.7 Å². The van der Waals surface area contributed by atoms with Crippen molar-refractivity contribution < 1.29 is 22.8 Å². The summed E-state index contributed by atoms with van der Waals surface area (Å²) in [6, 6.07) is 3.76. The van der Waals surface area contributed by atoms with E-state index in [-0.39, 0.29) is 18.6 Å². The lowest BCUT2D eigenvalue weighted by molar-refractivity contribution is -0.137. The van der Waals surface area contributed by atoms with Crippen molar-refractivity contribution in [1.82, 2.24) is 20.4 Å². The summed E-state index contributed by atoms with van der Waals surface area (Å²) in [5.74, 6) is -0.254. The van der Waals surface area contributed by atoms with E-state index >= 15 is 0 Å². The van der Waals surface area contributed by atoms with E-state index in [9.17, 15) is 22.8 Å². The Morgan fingerprint density at radius 3 is 2.53 bits per heavy atom. The molecule has 0 aromatic heterocycles. The number of carbonyl (C=O) groups is 2. The Bertz CT molecular complexity index is 806. The van der Waals surface area contributed by atoms with Gasteiger partial charge in [0.1, 0.15) is 12.7 Å². The molecule has 3 rings (SSSR count). The quantitative estimate of drug-likeness (QED) is 0.778. The normalized spacial score (nSPS) is 19.1. The molecule has 2 aliphatic heterocycles. The molecule has 2 heterocycles. The monoisotopic (exact) mass is 425 g/mol. The summed E-state index contributed by atoms with van der Waals surface area (Å²) >= 11 is 0. The third-order valence-electron chi connectivity index (χ3n) is 5.30. The van der Waals surface area contributed by atoms with E-state index in [0.717, 1.165) is 38.1 Å². The minimum Gasteiger partial charge on any atom is -0.351 e. The van der Waals surface area contributed by atoms with Gasteiger partial charge in [-0.05, 0) is 58.1 Å². The van der Waals surface area contributed by atoms with E-state index in [0.29, 0.717) is 5.69 Å². The predicted molar refractivity (Wildman–Crippen MR) is 106 cm³/mol. The number of hydrogen-bond acceptors (Lipinski definition) is 4. The van der Waals surface area contributed by atoms with Gasteiger partial charge in [-0.1, -0.05) is 6.07 Å². The minimum atomic E-state index is -4.44. The molecule has 1 atom stereocenters. The fourth-order valence-electron chi connectivity index (χ4n) is 3.39. The predicted octanol–water partition coefficient (Wildman–Crippen LogP) is 2.56. The number of benzene rings is 1. The Balaban J connectivity index is 1.51. The molecule has 0 aliphatic carbocycles. The van der Waals surface area contributed by atoms with Crippen LogP contribution in [0.1, 0.15) is 25.3 Å². The summed E-state index contributed by atoms with van der Waals surface area (Å²) in [7, 11) is 2.03. The zero-order chi connectivity index (χ0) is 21.9. The largest absolute Gasteiger partial charge is 0.416 e. The van der Waals surface area contributed by atoms with Gasteiger partial charge in [-0.25, -0.2) is 4.79 Å². The second kappa shape index (κ2) is 8.95. The van der Waals surface area contributed by atoms with Gasteiger partial charge < -0.3 is 20.4 Å². The summed E-state index contributed by atoms with van der Waals surface area (Å²) < 4.78 is 38.7. The maximum atomic E-state index is 12.9. The number of urea groups is 1. The highest BCUT2D eigenvalue weighted by Gasteiger charge is 2.31. The number of amides is 3. The van der Waals surface area contributed by atoms with Gasteiger partial charge >= 0.3 is 12.2 Å². The zero-order valence-corrected chi connectivity index (χ0v) is 16.9. The molecular weight excluding hydrogens is 399 g/mol. The molecule has 1 aromatic rings. The molecule has 164 valence electrons. The highest BCUT2D eigenvalue weighted by atomic mass is 19.4. The molecule has 0 unspecified atom stereocenters. The number of halogens is 3. The number of likely N-dealkylation sites (tertiary alicyclic amines) is 1. The van der Waals surface area contributed by atoms with Crippen molar-refractivity contribution in [2.24, 2.45) is 0 Å². The van der Waals surface area contributed by atoms with Gasteiger partial charge in [0.05, 0.1) is 5.56 Å². The molecule has 1 fully saturated rings. The maximum absolute atomic E-state index is 12.9. The van der Waals surface area contributed by atoms with Gasteiger partial charge in [-0.15, -0.1) is 0 Å². The summed E-state index contributed by atoms with van der Waals surface area (Å²) in [4.78, 5) is 29.9. The first-order valence-corrected chi connectivity index (χ1v) is 9.82. The maximum Gasteiger partial charge on any atom is 0.416 e. The Hall–Kier alpha value is -2.75. The SMILES string of the molecule is C[C@H](NC(=O)N1C=CN(c2cccc(C(F)(F)F)c2)C1)C(=O)NC1CCN(C)CC1. The van der Waals surface area contributed by atoms with E-state index in [4.69, 9.17) is 0 Å². The number of piperidine rings is 1. The van der Waals surface area contributed by atoms with E-state index in [1.807, 2.05) is 7.05 Å². The third-order valence-corrected chi connectivity index (χ3v) is 5.30. The zero-order valence-electron chi connectivity index (χ0n) is 16.9. The molecule has 30 heavy (non-hydrogen) atoms. The third kappa shape index (κ3) is 5.44. The van der Waals surface area contributed by atoms with Crippen molar-refractivity contribution in [2.45, 2.75) is 38.0 Å². The lowest BCUT2D eigenvalue weighted by Crippen LogP contribution is -2.52. The molecule has 0 bridgehead atoms. The highest BCUT2D eigenvalue weighted by Crippen LogP contribution is 2.32. The number of alkyl halides is 3. The van der Waals surface area contributed by atoms with Crippen LogP contribution in [0.3, 0.4) is 0 Å². The fourth-order valence-corrected chi connectivity index (χ4v) is 3.39. The highest BCUT2D eigenvalue weighted by molar-refractivity contribution is 5.87. The van der Waals surface area contributed by atoms with Crippen LogP contribution in [0.15, 0.2) is 36.7 Å². The van der Waals surface area contributed by atoms with Gasteiger partial charge in [0.15, 0.2) is 0 Å². The van der Waals surface area contributed by atoms with Crippen LogP contribution in [-0.2, 0) is 11.0 Å². The second-order valence-corrected chi connectivity index (χ2v) is 7.68. The Kier molecular flexibility index (Phi) is 6.55. The van der Waals surface area contributed by atoms with Crippen LogP contribution in [0.2, 0.25) is 0 Å². The standard InChI is InChI=1S/C20H26F3N5O2/c1-14(18(29)25-16-6-8-26(2)9-7-16)24-19(30)28-11-10-27(13-28)17-5-3-4-15(12-17)20(21,22)23/h3-5,10-12,14,16H,6-9,13H2,1-2H3,(H,24,30)(H,25,29)/t14-/m0/s1. The van der Waals surface area contributed by atoms with Gasteiger partial charge in [-0.2, -0.15) is 13.2 Å². The fraction of sp³-hybridized carbons (Fsp3) is 0.500. The van der Waals surface area contributed by atoms with Gasteiger partial charge in [0, 0.05) is 24.1 Å². The molecule has 0 radical (unpaired) electrons. The molecular formula is C20H26F3N5O2. The summed E-state index contributed by atoms with van der Waals surface area (Å²) in [6.07, 6.45) is 0.288. The lowest BCUT2D eigenvalue weighted by Gasteiger charge is -2.30. The topological polar surface area (TPSA) is 67.9 Å². The molecule has 1 saturated heterocycles. The van der Waals surface area contributed by atoms with E-state index < -0.39 is 23.8 Å². The van der Waals surface area contributed by atoms with Gasteiger partial charge in [0.2, 0.25) is 5.91 Å². The number of nitrogens with zero attached hydrogens (tertiary/aromatic N) is 3.